The van der Waals surface area contributed by atoms with E-state index in [4.69, 9.17) is 11.6 Å². The largest absolute Gasteiger partial charge is 0.261 e. The highest BCUT2D eigenvalue weighted by molar-refractivity contribution is 6.16. The molecule has 0 fully saturated rings. The van der Waals surface area contributed by atoms with Crippen LogP contribution in [0.15, 0.2) is 24.8 Å². The molecule has 0 bridgehead atoms. The second-order valence-corrected chi connectivity index (χ2v) is 3.34. The van der Waals surface area contributed by atoms with Gasteiger partial charge in [-0.1, -0.05) is 0 Å². The molecule has 0 saturated heterocycles. The fourth-order valence-electron chi connectivity index (χ4n) is 1.18. The zero-order valence-electron chi connectivity index (χ0n) is 8.18. The molecule has 0 N–H and O–H groups in total. The van der Waals surface area contributed by atoms with Crippen LogP contribution < -0.4 is 0 Å². The van der Waals surface area contributed by atoms with Crippen LogP contribution in [0.1, 0.15) is 11.4 Å². The summed E-state index contributed by atoms with van der Waals surface area (Å²) in [4.78, 5) is 16.7. The van der Waals surface area contributed by atoms with Gasteiger partial charge in [-0.25, -0.2) is 9.97 Å². The van der Waals surface area contributed by atoms with Crippen LogP contribution in [-0.4, -0.2) is 19.9 Å². The molecule has 0 spiro atoms. The molecule has 0 aromatic carbocycles. The summed E-state index contributed by atoms with van der Waals surface area (Å²) < 4.78 is 0. The summed E-state index contributed by atoms with van der Waals surface area (Å²) in [7, 11) is 0. The molecule has 2 aromatic heterocycles. The van der Waals surface area contributed by atoms with Crippen LogP contribution in [0.2, 0.25) is 0 Å². The lowest BCUT2D eigenvalue weighted by atomic mass is 10.3. The predicted molar refractivity (Wildman–Crippen MR) is 57.4 cm³/mol. The monoisotopic (exact) mass is 220 g/mol. The van der Waals surface area contributed by atoms with Crippen molar-refractivity contribution in [2.24, 2.45) is 0 Å². The summed E-state index contributed by atoms with van der Waals surface area (Å²) in [5.74, 6) is 0.347. The SMILES string of the molecule is Cc1cncc(-c2cncc(CCl)n2)n1. The van der Waals surface area contributed by atoms with Gasteiger partial charge in [0.15, 0.2) is 0 Å². The first-order valence-electron chi connectivity index (χ1n) is 4.45. The third-order valence-electron chi connectivity index (χ3n) is 1.84. The van der Waals surface area contributed by atoms with Crippen molar-refractivity contribution in [2.75, 3.05) is 0 Å². The maximum absolute atomic E-state index is 5.68. The van der Waals surface area contributed by atoms with Crippen LogP contribution >= 0.6 is 11.6 Å². The Morgan fingerprint density at radius 1 is 1.00 bits per heavy atom. The fraction of sp³-hybridized carbons (Fsp3) is 0.200. The van der Waals surface area contributed by atoms with Gasteiger partial charge in [-0.15, -0.1) is 11.6 Å². The molecule has 4 nitrogen and oxygen atoms in total. The molecule has 2 heterocycles. The van der Waals surface area contributed by atoms with Gasteiger partial charge in [-0.2, -0.15) is 0 Å². The molecule has 0 aliphatic rings. The van der Waals surface area contributed by atoms with Crippen LogP contribution in [0.25, 0.3) is 11.4 Å². The molecule has 2 rings (SSSR count). The normalized spacial score (nSPS) is 10.3. The van der Waals surface area contributed by atoms with Crippen molar-refractivity contribution >= 4 is 11.6 Å². The van der Waals surface area contributed by atoms with Crippen molar-refractivity contribution in [3.63, 3.8) is 0 Å². The summed E-state index contributed by atoms with van der Waals surface area (Å²) in [6.45, 7) is 1.88. The summed E-state index contributed by atoms with van der Waals surface area (Å²) in [5, 5.41) is 0. The zero-order chi connectivity index (χ0) is 10.7. The smallest absolute Gasteiger partial charge is 0.109 e. The number of hydrogen-bond acceptors (Lipinski definition) is 4. The van der Waals surface area contributed by atoms with Gasteiger partial charge in [0.25, 0.3) is 0 Å². The van der Waals surface area contributed by atoms with Crippen LogP contribution in [0.4, 0.5) is 0 Å². The molecule has 0 aliphatic carbocycles. The number of rotatable bonds is 2. The van der Waals surface area contributed by atoms with E-state index in [0.29, 0.717) is 11.6 Å². The number of aromatic nitrogens is 4. The number of alkyl halides is 1. The Morgan fingerprint density at radius 3 is 2.33 bits per heavy atom. The van der Waals surface area contributed by atoms with E-state index < -0.39 is 0 Å². The Morgan fingerprint density at radius 2 is 1.67 bits per heavy atom. The molecule has 0 radical (unpaired) electrons. The van der Waals surface area contributed by atoms with Gasteiger partial charge >= 0.3 is 0 Å². The van der Waals surface area contributed by atoms with Gasteiger partial charge in [0.05, 0.1) is 29.7 Å². The molecule has 0 atom stereocenters. The first kappa shape index (κ1) is 9.98. The second-order valence-electron chi connectivity index (χ2n) is 3.07. The molecule has 0 unspecified atom stereocenters. The second kappa shape index (κ2) is 4.31. The lowest BCUT2D eigenvalue weighted by Gasteiger charge is -2.01. The first-order valence-corrected chi connectivity index (χ1v) is 4.99. The molecule has 0 amide bonds. The van der Waals surface area contributed by atoms with Crippen LogP contribution in [0.3, 0.4) is 0 Å². The van der Waals surface area contributed by atoms with Gasteiger partial charge < -0.3 is 0 Å². The van der Waals surface area contributed by atoms with E-state index in [1.165, 1.54) is 0 Å². The Bertz CT molecular complexity index is 472. The highest BCUT2D eigenvalue weighted by atomic mass is 35.5. The summed E-state index contributed by atoms with van der Waals surface area (Å²) in [5.41, 5.74) is 3.00. The molecule has 0 saturated carbocycles. The third kappa shape index (κ3) is 2.27. The van der Waals surface area contributed by atoms with Crippen molar-refractivity contribution < 1.29 is 0 Å². The van der Waals surface area contributed by atoms with Crippen LogP contribution in [0.5, 0.6) is 0 Å². The fourth-order valence-corrected chi connectivity index (χ4v) is 1.31. The zero-order valence-corrected chi connectivity index (χ0v) is 8.94. The quantitative estimate of drug-likeness (QED) is 0.727. The van der Waals surface area contributed by atoms with Gasteiger partial charge in [-0.3, -0.25) is 9.97 Å². The van der Waals surface area contributed by atoms with Gasteiger partial charge in [0.1, 0.15) is 11.4 Å². The van der Waals surface area contributed by atoms with Gasteiger partial charge in [0.2, 0.25) is 0 Å². The third-order valence-corrected chi connectivity index (χ3v) is 2.11. The number of nitrogens with zero attached hydrogens (tertiary/aromatic N) is 4. The maximum atomic E-state index is 5.68. The highest BCUT2D eigenvalue weighted by Crippen LogP contribution is 2.12. The highest BCUT2D eigenvalue weighted by Gasteiger charge is 2.03. The first-order chi connectivity index (χ1) is 7.29. The lowest BCUT2D eigenvalue weighted by molar-refractivity contribution is 1.06. The van der Waals surface area contributed by atoms with E-state index in [2.05, 4.69) is 19.9 Å². The topological polar surface area (TPSA) is 51.6 Å². The number of hydrogen-bond donors (Lipinski definition) is 0. The van der Waals surface area contributed by atoms with Gasteiger partial charge in [-0.05, 0) is 6.92 Å². The Balaban J connectivity index is 2.44. The average Bonchev–Trinajstić information content (AvgIpc) is 2.29. The van der Waals surface area contributed by atoms with E-state index in [1.807, 2.05) is 6.92 Å². The number of aryl methyl sites for hydroxylation is 1. The maximum Gasteiger partial charge on any atom is 0.109 e. The summed E-state index contributed by atoms with van der Waals surface area (Å²) in [6.07, 6.45) is 6.65. The van der Waals surface area contributed by atoms with Crippen molar-refractivity contribution in [3.05, 3.63) is 36.2 Å². The molecule has 0 aliphatic heterocycles. The van der Waals surface area contributed by atoms with E-state index in [9.17, 15) is 0 Å². The van der Waals surface area contributed by atoms with Crippen molar-refractivity contribution in [1.29, 1.82) is 0 Å². The minimum absolute atomic E-state index is 0.347. The molecule has 2 aromatic rings. The minimum atomic E-state index is 0.347. The molecular weight excluding hydrogens is 212 g/mol. The molecule has 15 heavy (non-hydrogen) atoms. The molecule has 5 heteroatoms. The van der Waals surface area contributed by atoms with Crippen LogP contribution in [-0.2, 0) is 5.88 Å². The standard InChI is InChI=1S/C10H9ClN4/c1-7-3-12-5-9(14-7)10-6-13-4-8(2-11)15-10/h3-6H,2H2,1H3. The Kier molecular flexibility index (Phi) is 2.87. The summed E-state index contributed by atoms with van der Waals surface area (Å²) >= 11 is 5.68. The Labute approximate surface area is 92.4 Å². The minimum Gasteiger partial charge on any atom is -0.261 e. The van der Waals surface area contributed by atoms with E-state index in [-0.39, 0.29) is 0 Å². The van der Waals surface area contributed by atoms with Crippen LogP contribution in [0, 0.1) is 6.92 Å². The van der Waals surface area contributed by atoms with Gasteiger partial charge in [0, 0.05) is 12.4 Å². The number of halogens is 1. The van der Waals surface area contributed by atoms with E-state index in [0.717, 1.165) is 17.1 Å². The van der Waals surface area contributed by atoms with E-state index >= 15 is 0 Å². The Hall–Kier alpha value is -1.55. The molecule has 76 valence electrons. The molecular formula is C10H9ClN4. The predicted octanol–water partition coefficient (Wildman–Crippen LogP) is 1.98. The van der Waals surface area contributed by atoms with Crippen molar-refractivity contribution in [1.82, 2.24) is 19.9 Å². The van der Waals surface area contributed by atoms with E-state index in [1.54, 1.807) is 24.8 Å². The van der Waals surface area contributed by atoms with Crippen molar-refractivity contribution in [2.45, 2.75) is 12.8 Å². The van der Waals surface area contributed by atoms with Crippen molar-refractivity contribution in [3.8, 4) is 11.4 Å². The summed E-state index contributed by atoms with van der Waals surface area (Å²) in [6, 6.07) is 0. The average molecular weight is 221 g/mol. The lowest BCUT2D eigenvalue weighted by Crippen LogP contribution is -1.95.